The van der Waals surface area contributed by atoms with E-state index < -0.39 is 0 Å². The van der Waals surface area contributed by atoms with Crippen molar-refractivity contribution in [1.29, 1.82) is 0 Å². The predicted molar refractivity (Wildman–Crippen MR) is 103 cm³/mol. The number of aromatic nitrogens is 3. The molecule has 0 saturated heterocycles. The number of hydrogen-bond donors (Lipinski definition) is 1. The quantitative estimate of drug-likeness (QED) is 0.664. The molecule has 0 saturated carbocycles. The van der Waals surface area contributed by atoms with Crippen molar-refractivity contribution in [3.05, 3.63) is 71.9 Å². The fourth-order valence-electron chi connectivity index (χ4n) is 3.20. The van der Waals surface area contributed by atoms with E-state index in [1.807, 2.05) is 12.1 Å². The average Bonchev–Trinajstić information content (AvgIpc) is 3.18. The largest absolute Gasteiger partial charge is 0.334 e. The second-order valence-corrected chi connectivity index (χ2v) is 6.53. The standard InChI is InChI=1S/C21H23FN4O/c1-3-4-10-19(16-8-6-11-23-13-16)26(2)21(27)18-14-24-25-20(18)15-7-5-9-17(22)12-15/h5-9,11-14,19H,3-4,10H2,1-2H3,(H,24,25)/t19-/m0/s1. The number of hydrogen-bond acceptors (Lipinski definition) is 3. The first-order chi connectivity index (χ1) is 13.1. The molecule has 0 spiro atoms. The number of pyridine rings is 1. The zero-order valence-electron chi connectivity index (χ0n) is 15.5. The van der Waals surface area contributed by atoms with Gasteiger partial charge in [0.1, 0.15) is 5.82 Å². The molecule has 0 bridgehead atoms. The van der Waals surface area contributed by atoms with Crippen molar-refractivity contribution in [2.45, 2.75) is 32.2 Å². The first kappa shape index (κ1) is 18.8. The molecule has 0 aliphatic heterocycles. The van der Waals surface area contributed by atoms with E-state index in [1.54, 1.807) is 36.5 Å². The van der Waals surface area contributed by atoms with Crippen LogP contribution in [0.4, 0.5) is 4.39 Å². The highest BCUT2D eigenvalue weighted by molar-refractivity contribution is 5.99. The summed E-state index contributed by atoms with van der Waals surface area (Å²) in [5.41, 5.74) is 2.54. The van der Waals surface area contributed by atoms with Crippen LogP contribution in [0.2, 0.25) is 0 Å². The van der Waals surface area contributed by atoms with Gasteiger partial charge in [-0.1, -0.05) is 38.0 Å². The fourth-order valence-corrected chi connectivity index (χ4v) is 3.20. The van der Waals surface area contributed by atoms with Crippen LogP contribution in [0.25, 0.3) is 11.3 Å². The lowest BCUT2D eigenvalue weighted by Crippen LogP contribution is -2.31. The van der Waals surface area contributed by atoms with E-state index in [9.17, 15) is 9.18 Å². The zero-order chi connectivity index (χ0) is 19.2. The maximum atomic E-state index is 13.6. The third-order valence-corrected chi connectivity index (χ3v) is 4.67. The van der Waals surface area contributed by atoms with Gasteiger partial charge in [-0.3, -0.25) is 14.9 Å². The minimum atomic E-state index is -0.356. The monoisotopic (exact) mass is 366 g/mol. The van der Waals surface area contributed by atoms with E-state index >= 15 is 0 Å². The number of nitrogens with zero attached hydrogens (tertiary/aromatic N) is 3. The summed E-state index contributed by atoms with van der Waals surface area (Å²) in [6, 6.07) is 9.91. The summed E-state index contributed by atoms with van der Waals surface area (Å²) in [6.45, 7) is 2.13. The molecule has 140 valence electrons. The number of H-pyrrole nitrogens is 1. The van der Waals surface area contributed by atoms with Crippen molar-refractivity contribution in [3.63, 3.8) is 0 Å². The van der Waals surface area contributed by atoms with Gasteiger partial charge in [-0.15, -0.1) is 0 Å². The van der Waals surface area contributed by atoms with Crippen LogP contribution >= 0.6 is 0 Å². The maximum Gasteiger partial charge on any atom is 0.257 e. The minimum Gasteiger partial charge on any atom is -0.334 e. The van der Waals surface area contributed by atoms with Crippen LogP contribution in [-0.2, 0) is 0 Å². The van der Waals surface area contributed by atoms with Gasteiger partial charge in [0.05, 0.1) is 23.5 Å². The van der Waals surface area contributed by atoms with Crippen molar-refractivity contribution in [2.75, 3.05) is 7.05 Å². The number of amides is 1. The Labute approximate surface area is 158 Å². The number of aromatic amines is 1. The zero-order valence-corrected chi connectivity index (χ0v) is 15.5. The molecule has 3 rings (SSSR count). The van der Waals surface area contributed by atoms with Crippen molar-refractivity contribution in [3.8, 4) is 11.3 Å². The van der Waals surface area contributed by atoms with Gasteiger partial charge in [-0.05, 0) is 30.2 Å². The van der Waals surface area contributed by atoms with Gasteiger partial charge in [0.15, 0.2) is 0 Å². The fraction of sp³-hybridized carbons (Fsp3) is 0.286. The van der Waals surface area contributed by atoms with E-state index in [1.165, 1.54) is 18.3 Å². The minimum absolute atomic E-state index is 0.0820. The summed E-state index contributed by atoms with van der Waals surface area (Å²) < 4.78 is 13.6. The Kier molecular flexibility index (Phi) is 5.96. The van der Waals surface area contributed by atoms with Gasteiger partial charge >= 0.3 is 0 Å². The second kappa shape index (κ2) is 8.58. The molecule has 27 heavy (non-hydrogen) atoms. The molecule has 1 atom stereocenters. The average molecular weight is 366 g/mol. The molecule has 1 amide bonds. The summed E-state index contributed by atoms with van der Waals surface area (Å²) in [5.74, 6) is -0.516. The van der Waals surface area contributed by atoms with Crippen LogP contribution in [0.3, 0.4) is 0 Å². The van der Waals surface area contributed by atoms with Crippen LogP contribution < -0.4 is 0 Å². The van der Waals surface area contributed by atoms with E-state index in [2.05, 4.69) is 22.1 Å². The normalized spacial score (nSPS) is 12.0. The summed E-state index contributed by atoms with van der Waals surface area (Å²) in [4.78, 5) is 19.1. The van der Waals surface area contributed by atoms with Crippen molar-refractivity contribution >= 4 is 5.91 Å². The lowest BCUT2D eigenvalue weighted by atomic mass is 10.00. The lowest BCUT2D eigenvalue weighted by molar-refractivity contribution is 0.0721. The topological polar surface area (TPSA) is 61.9 Å². The molecule has 0 aliphatic rings. The lowest BCUT2D eigenvalue weighted by Gasteiger charge is -2.28. The second-order valence-electron chi connectivity index (χ2n) is 6.53. The van der Waals surface area contributed by atoms with Gasteiger partial charge in [0, 0.05) is 25.0 Å². The Morgan fingerprint density at radius 3 is 2.81 bits per heavy atom. The van der Waals surface area contributed by atoms with E-state index in [4.69, 9.17) is 0 Å². The third kappa shape index (κ3) is 4.22. The number of carbonyl (C=O) groups excluding carboxylic acids is 1. The summed E-state index contributed by atoms with van der Waals surface area (Å²) in [7, 11) is 1.79. The van der Waals surface area contributed by atoms with Crippen molar-refractivity contribution in [1.82, 2.24) is 20.1 Å². The summed E-state index contributed by atoms with van der Waals surface area (Å²) >= 11 is 0. The third-order valence-electron chi connectivity index (χ3n) is 4.67. The number of unbranched alkanes of at least 4 members (excludes halogenated alkanes) is 1. The van der Waals surface area contributed by atoms with Gasteiger partial charge < -0.3 is 4.90 Å². The van der Waals surface area contributed by atoms with Crippen LogP contribution in [0.1, 0.15) is 48.1 Å². The van der Waals surface area contributed by atoms with E-state index in [-0.39, 0.29) is 17.8 Å². The van der Waals surface area contributed by atoms with Crippen LogP contribution in [0, 0.1) is 5.82 Å². The predicted octanol–water partition coefficient (Wildman–Crippen LogP) is 4.61. The Bertz CT molecular complexity index is 894. The SMILES string of the molecule is CCCC[C@@H](c1cccnc1)N(C)C(=O)c1cn[nH]c1-c1cccc(F)c1. The number of nitrogens with one attached hydrogen (secondary N) is 1. The van der Waals surface area contributed by atoms with Crippen molar-refractivity contribution in [2.24, 2.45) is 0 Å². The number of halogens is 1. The van der Waals surface area contributed by atoms with Crippen LogP contribution in [0.5, 0.6) is 0 Å². The Balaban J connectivity index is 1.91. The van der Waals surface area contributed by atoms with Gasteiger partial charge in [0.2, 0.25) is 0 Å². The Morgan fingerprint density at radius 2 is 2.11 bits per heavy atom. The van der Waals surface area contributed by atoms with Gasteiger partial charge in [0.25, 0.3) is 5.91 Å². The molecule has 0 aliphatic carbocycles. The van der Waals surface area contributed by atoms with E-state index in [0.717, 1.165) is 24.8 Å². The highest BCUT2D eigenvalue weighted by atomic mass is 19.1. The molecule has 5 nitrogen and oxygen atoms in total. The van der Waals surface area contributed by atoms with Crippen LogP contribution in [0.15, 0.2) is 55.0 Å². The molecular formula is C21H23FN4O. The smallest absolute Gasteiger partial charge is 0.257 e. The molecule has 6 heteroatoms. The van der Waals surface area contributed by atoms with E-state index in [0.29, 0.717) is 16.8 Å². The molecule has 1 aromatic carbocycles. The van der Waals surface area contributed by atoms with Gasteiger partial charge in [-0.2, -0.15) is 5.10 Å². The molecule has 0 fully saturated rings. The molecule has 2 heterocycles. The summed E-state index contributed by atoms with van der Waals surface area (Å²) in [5, 5.41) is 6.85. The highest BCUT2D eigenvalue weighted by Crippen LogP contribution is 2.29. The number of carbonyl (C=O) groups is 1. The van der Waals surface area contributed by atoms with Crippen LogP contribution in [-0.4, -0.2) is 33.0 Å². The number of rotatable bonds is 7. The first-order valence-electron chi connectivity index (χ1n) is 9.08. The van der Waals surface area contributed by atoms with Gasteiger partial charge in [-0.25, -0.2) is 4.39 Å². The first-order valence-corrected chi connectivity index (χ1v) is 9.08. The molecule has 2 aromatic heterocycles. The molecule has 0 unspecified atom stereocenters. The number of benzene rings is 1. The Hall–Kier alpha value is -3.02. The maximum absolute atomic E-state index is 13.6. The summed E-state index contributed by atoms with van der Waals surface area (Å²) in [6.07, 6.45) is 7.91. The molecular weight excluding hydrogens is 343 g/mol. The molecule has 0 radical (unpaired) electrons. The molecule has 1 N–H and O–H groups in total. The highest BCUT2D eigenvalue weighted by Gasteiger charge is 2.25. The van der Waals surface area contributed by atoms with Crippen molar-refractivity contribution < 1.29 is 9.18 Å². The Morgan fingerprint density at radius 1 is 1.26 bits per heavy atom. The molecule has 3 aromatic rings.